The lowest BCUT2D eigenvalue weighted by atomic mass is 9.99. The number of rotatable bonds is 3. The number of carbonyl (C=O) groups is 1. The number of piperidine rings is 1. The number of aromatic nitrogens is 2. The third-order valence-electron chi connectivity index (χ3n) is 5.52. The average molecular weight is 371 g/mol. The van der Waals surface area contributed by atoms with Crippen LogP contribution in [0.2, 0.25) is 0 Å². The lowest BCUT2D eigenvalue weighted by molar-refractivity contribution is 0.192. The van der Waals surface area contributed by atoms with Gasteiger partial charge in [0.15, 0.2) is 0 Å². The molecule has 2 heterocycles. The molecule has 1 atom stereocenters. The van der Waals surface area contributed by atoms with Gasteiger partial charge < -0.3 is 10.2 Å². The number of anilines is 1. The second-order valence-corrected chi connectivity index (χ2v) is 8.58. The lowest BCUT2D eigenvalue weighted by Crippen LogP contribution is -2.41. The molecule has 1 unspecified atom stereocenters. The molecule has 1 saturated carbocycles. The zero-order valence-corrected chi connectivity index (χ0v) is 16.1. The summed E-state index contributed by atoms with van der Waals surface area (Å²) in [5.74, 6) is 0.936. The number of likely N-dealkylation sites (tertiary alicyclic amines) is 1. The highest BCUT2D eigenvalue weighted by molar-refractivity contribution is 7.11. The molecule has 1 saturated heterocycles. The molecule has 1 N–H and O–H groups in total. The Hall–Kier alpha value is -1.95. The first-order chi connectivity index (χ1) is 12.7. The van der Waals surface area contributed by atoms with Crippen LogP contribution >= 0.6 is 11.3 Å². The van der Waals surface area contributed by atoms with Crippen LogP contribution in [0.3, 0.4) is 0 Å². The molecule has 2 fully saturated rings. The Kier molecular flexibility index (Phi) is 5.20. The van der Waals surface area contributed by atoms with Crippen molar-refractivity contribution in [1.29, 1.82) is 0 Å². The summed E-state index contributed by atoms with van der Waals surface area (Å²) in [7, 11) is 0. The molecule has 1 aliphatic carbocycles. The Morgan fingerprint density at radius 1 is 1.04 bits per heavy atom. The summed E-state index contributed by atoms with van der Waals surface area (Å²) in [6, 6.07) is 7.92. The van der Waals surface area contributed by atoms with E-state index >= 15 is 0 Å². The third kappa shape index (κ3) is 3.90. The van der Waals surface area contributed by atoms with Crippen LogP contribution in [0.15, 0.2) is 24.3 Å². The number of nitrogens with zero attached hydrogens (tertiary/aromatic N) is 3. The van der Waals surface area contributed by atoms with Gasteiger partial charge in [-0.3, -0.25) is 0 Å². The standard InChI is InChI=1S/C20H26N4OS/c1-14-8-10-17(11-9-14)21-20(25)24-12-4-7-16(13-24)19-23-22-18(26-19)15-5-2-3-6-15/h8-11,15-16H,2-7,12-13H2,1H3,(H,21,25). The van der Waals surface area contributed by atoms with Crippen molar-refractivity contribution < 1.29 is 4.79 Å². The summed E-state index contributed by atoms with van der Waals surface area (Å²) in [5, 5.41) is 14.3. The van der Waals surface area contributed by atoms with Gasteiger partial charge in [-0.1, -0.05) is 30.5 Å². The summed E-state index contributed by atoms with van der Waals surface area (Å²) < 4.78 is 0. The molecule has 1 aromatic heterocycles. The molecule has 2 aliphatic rings. The van der Waals surface area contributed by atoms with Crippen molar-refractivity contribution in [3.8, 4) is 0 Å². The molecule has 6 heteroatoms. The van der Waals surface area contributed by atoms with E-state index in [2.05, 4.69) is 15.5 Å². The highest BCUT2D eigenvalue weighted by Crippen LogP contribution is 2.38. The maximum absolute atomic E-state index is 12.6. The van der Waals surface area contributed by atoms with Crippen LogP contribution in [0.5, 0.6) is 0 Å². The van der Waals surface area contributed by atoms with E-state index < -0.39 is 0 Å². The Morgan fingerprint density at radius 3 is 2.42 bits per heavy atom. The van der Waals surface area contributed by atoms with Gasteiger partial charge in [-0.2, -0.15) is 0 Å². The first kappa shape index (κ1) is 17.5. The second-order valence-electron chi connectivity index (χ2n) is 7.54. The van der Waals surface area contributed by atoms with Crippen LogP contribution < -0.4 is 5.32 Å². The van der Waals surface area contributed by atoms with Gasteiger partial charge in [-0.05, 0) is 44.7 Å². The van der Waals surface area contributed by atoms with Gasteiger partial charge in [-0.15, -0.1) is 21.5 Å². The van der Waals surface area contributed by atoms with E-state index in [9.17, 15) is 4.79 Å². The fraction of sp³-hybridized carbons (Fsp3) is 0.550. The minimum Gasteiger partial charge on any atom is -0.324 e. The molecule has 4 rings (SSSR count). The van der Waals surface area contributed by atoms with Gasteiger partial charge in [0, 0.05) is 30.6 Å². The van der Waals surface area contributed by atoms with E-state index in [1.54, 1.807) is 11.3 Å². The average Bonchev–Trinajstić information content (AvgIpc) is 3.35. The van der Waals surface area contributed by atoms with Crippen molar-refractivity contribution in [2.75, 3.05) is 18.4 Å². The molecule has 0 spiro atoms. The molecular formula is C20H26N4OS. The number of nitrogens with one attached hydrogen (secondary N) is 1. The largest absolute Gasteiger partial charge is 0.324 e. The molecule has 0 radical (unpaired) electrons. The Labute approximate surface area is 158 Å². The second kappa shape index (κ2) is 7.74. The quantitative estimate of drug-likeness (QED) is 0.834. The number of benzene rings is 1. The zero-order valence-electron chi connectivity index (χ0n) is 15.3. The smallest absolute Gasteiger partial charge is 0.321 e. The minimum atomic E-state index is -0.0147. The monoisotopic (exact) mass is 370 g/mol. The summed E-state index contributed by atoms with van der Waals surface area (Å²) in [6.07, 6.45) is 7.25. The Balaban J connectivity index is 1.39. The Bertz CT molecular complexity index is 751. The fourth-order valence-electron chi connectivity index (χ4n) is 3.95. The zero-order chi connectivity index (χ0) is 17.9. The molecule has 26 heavy (non-hydrogen) atoms. The first-order valence-electron chi connectivity index (χ1n) is 9.65. The van der Waals surface area contributed by atoms with Gasteiger partial charge >= 0.3 is 6.03 Å². The molecule has 1 aromatic carbocycles. The van der Waals surface area contributed by atoms with Crippen molar-refractivity contribution in [3.05, 3.63) is 39.8 Å². The van der Waals surface area contributed by atoms with Gasteiger partial charge in [0.05, 0.1) is 0 Å². The number of hydrogen-bond donors (Lipinski definition) is 1. The molecule has 2 amide bonds. The molecule has 2 aromatic rings. The normalized spacial score (nSPS) is 21.1. The molecule has 138 valence electrons. The minimum absolute atomic E-state index is 0.0147. The predicted octanol–water partition coefficient (Wildman–Crippen LogP) is 4.92. The predicted molar refractivity (Wildman–Crippen MR) is 105 cm³/mol. The molecule has 1 aliphatic heterocycles. The van der Waals surface area contributed by atoms with E-state index in [1.807, 2.05) is 36.1 Å². The Morgan fingerprint density at radius 2 is 1.69 bits per heavy atom. The topological polar surface area (TPSA) is 58.1 Å². The number of amides is 2. The van der Waals surface area contributed by atoms with Crippen LogP contribution in [0.4, 0.5) is 10.5 Å². The molecule has 5 nitrogen and oxygen atoms in total. The number of urea groups is 1. The maximum Gasteiger partial charge on any atom is 0.321 e. The van der Waals surface area contributed by atoms with Crippen molar-refractivity contribution in [1.82, 2.24) is 15.1 Å². The summed E-state index contributed by atoms with van der Waals surface area (Å²) in [4.78, 5) is 14.5. The van der Waals surface area contributed by atoms with Gasteiger partial charge in [-0.25, -0.2) is 4.79 Å². The van der Waals surface area contributed by atoms with Crippen LogP contribution in [0.25, 0.3) is 0 Å². The lowest BCUT2D eigenvalue weighted by Gasteiger charge is -2.31. The first-order valence-corrected chi connectivity index (χ1v) is 10.5. The van der Waals surface area contributed by atoms with E-state index in [-0.39, 0.29) is 6.03 Å². The fourth-order valence-corrected chi connectivity index (χ4v) is 5.09. The van der Waals surface area contributed by atoms with Crippen LogP contribution in [0.1, 0.15) is 65.9 Å². The van der Waals surface area contributed by atoms with Gasteiger partial charge in [0.2, 0.25) is 0 Å². The SMILES string of the molecule is Cc1ccc(NC(=O)N2CCCC(c3nnc(C4CCCC4)s3)C2)cc1. The van der Waals surface area contributed by atoms with E-state index in [1.165, 1.54) is 36.3 Å². The van der Waals surface area contributed by atoms with E-state index in [0.717, 1.165) is 36.6 Å². The van der Waals surface area contributed by atoms with Crippen molar-refractivity contribution >= 4 is 23.1 Å². The van der Waals surface area contributed by atoms with Crippen molar-refractivity contribution in [2.24, 2.45) is 0 Å². The number of aryl methyl sites for hydroxylation is 1. The highest BCUT2D eigenvalue weighted by Gasteiger charge is 2.29. The number of hydrogen-bond acceptors (Lipinski definition) is 4. The van der Waals surface area contributed by atoms with Gasteiger partial charge in [0.25, 0.3) is 0 Å². The maximum atomic E-state index is 12.6. The molecule has 0 bridgehead atoms. The highest BCUT2D eigenvalue weighted by atomic mass is 32.1. The van der Waals surface area contributed by atoms with E-state index in [0.29, 0.717) is 11.8 Å². The van der Waals surface area contributed by atoms with Crippen LogP contribution in [0, 0.1) is 6.92 Å². The summed E-state index contributed by atoms with van der Waals surface area (Å²) in [5.41, 5.74) is 2.04. The van der Waals surface area contributed by atoms with E-state index in [4.69, 9.17) is 0 Å². The summed E-state index contributed by atoms with van der Waals surface area (Å²) >= 11 is 1.78. The van der Waals surface area contributed by atoms with Crippen molar-refractivity contribution in [3.63, 3.8) is 0 Å². The number of carbonyl (C=O) groups excluding carboxylic acids is 1. The van der Waals surface area contributed by atoms with Crippen LogP contribution in [-0.2, 0) is 0 Å². The third-order valence-corrected chi connectivity index (χ3v) is 6.77. The van der Waals surface area contributed by atoms with Crippen LogP contribution in [-0.4, -0.2) is 34.2 Å². The summed E-state index contributed by atoms with van der Waals surface area (Å²) in [6.45, 7) is 3.59. The van der Waals surface area contributed by atoms with Gasteiger partial charge in [0.1, 0.15) is 10.0 Å². The molecular weight excluding hydrogens is 344 g/mol. The van der Waals surface area contributed by atoms with Crippen molar-refractivity contribution in [2.45, 2.75) is 57.3 Å².